The third-order valence-corrected chi connectivity index (χ3v) is 5.92. The molecule has 0 saturated heterocycles. The molecule has 2 N–H and O–H groups in total. The Bertz CT molecular complexity index is 330. The van der Waals surface area contributed by atoms with Crippen LogP contribution in [0.15, 0.2) is 0 Å². The zero-order valence-corrected chi connectivity index (χ0v) is 11.5. The molecule has 4 saturated carbocycles. The Morgan fingerprint density at radius 1 is 1.22 bits per heavy atom. The van der Waals surface area contributed by atoms with Crippen molar-refractivity contribution in [2.45, 2.75) is 57.4 Å². The molecular weight excluding hydrogens is 226 g/mol. The molecule has 4 aliphatic rings. The minimum absolute atomic E-state index is 0.324. The van der Waals surface area contributed by atoms with E-state index in [0.29, 0.717) is 5.41 Å². The van der Waals surface area contributed by atoms with Crippen molar-refractivity contribution in [3.05, 3.63) is 0 Å². The van der Waals surface area contributed by atoms with Crippen LogP contribution in [0, 0.1) is 23.2 Å². The molecule has 4 bridgehead atoms. The predicted molar refractivity (Wildman–Crippen MR) is 70.3 cm³/mol. The van der Waals surface area contributed by atoms with Crippen LogP contribution in [-0.4, -0.2) is 23.7 Å². The summed E-state index contributed by atoms with van der Waals surface area (Å²) in [5.74, 6) is 1.99. The summed E-state index contributed by atoms with van der Waals surface area (Å²) in [6.45, 7) is 1.86. The number of likely N-dealkylation sites (N-methyl/N-ethyl adjacent to an activating group) is 1. The number of hydrogen-bond donors (Lipinski definition) is 2. The van der Waals surface area contributed by atoms with Gasteiger partial charge in [-0.15, -0.1) is 0 Å². The summed E-state index contributed by atoms with van der Waals surface area (Å²) in [6.07, 6.45) is 8.92. The highest BCUT2D eigenvalue weighted by Gasteiger charge is 2.53. The Hall–Kier alpha value is -0.570. The summed E-state index contributed by atoms with van der Waals surface area (Å²) >= 11 is 0. The van der Waals surface area contributed by atoms with E-state index in [4.69, 9.17) is 0 Å². The van der Waals surface area contributed by atoms with Crippen LogP contribution in [0.3, 0.4) is 0 Å². The fourth-order valence-electron chi connectivity index (χ4n) is 5.53. The standard InChI is InChI=1S/C15H25NO2/c1-14(16-2,13(17)18)9-15-6-10-3-11(7-15)5-12(4-10)8-15/h10-12,16H,3-9H2,1-2H3,(H,17,18). The minimum Gasteiger partial charge on any atom is -0.480 e. The van der Waals surface area contributed by atoms with Gasteiger partial charge in [0, 0.05) is 0 Å². The van der Waals surface area contributed by atoms with Gasteiger partial charge in [-0.3, -0.25) is 4.79 Å². The summed E-state index contributed by atoms with van der Waals surface area (Å²) in [5.41, 5.74) is -0.420. The molecule has 1 unspecified atom stereocenters. The maximum absolute atomic E-state index is 11.5. The first kappa shape index (κ1) is 12.5. The highest BCUT2D eigenvalue weighted by Crippen LogP contribution is 2.62. The van der Waals surface area contributed by atoms with Gasteiger partial charge < -0.3 is 10.4 Å². The molecule has 3 nitrogen and oxygen atoms in total. The van der Waals surface area contributed by atoms with Crippen LogP contribution >= 0.6 is 0 Å². The van der Waals surface area contributed by atoms with Gasteiger partial charge in [-0.25, -0.2) is 0 Å². The second kappa shape index (κ2) is 3.96. The van der Waals surface area contributed by atoms with Crippen LogP contribution in [0.25, 0.3) is 0 Å². The highest BCUT2D eigenvalue weighted by molar-refractivity contribution is 5.78. The van der Waals surface area contributed by atoms with Gasteiger partial charge in [-0.05, 0) is 82.1 Å². The smallest absolute Gasteiger partial charge is 0.323 e. The molecule has 0 aromatic carbocycles. The number of rotatable bonds is 4. The molecule has 102 valence electrons. The lowest BCUT2D eigenvalue weighted by molar-refractivity contribution is -0.148. The average molecular weight is 251 g/mol. The van der Waals surface area contributed by atoms with E-state index < -0.39 is 11.5 Å². The molecule has 1 atom stereocenters. The maximum Gasteiger partial charge on any atom is 0.323 e. The third kappa shape index (κ3) is 1.87. The number of hydrogen-bond acceptors (Lipinski definition) is 2. The van der Waals surface area contributed by atoms with Crippen molar-refractivity contribution in [3.8, 4) is 0 Å². The lowest BCUT2D eigenvalue weighted by atomic mass is 9.47. The second-order valence-electron chi connectivity index (χ2n) is 7.48. The maximum atomic E-state index is 11.5. The molecule has 4 aliphatic carbocycles. The summed E-state index contributed by atoms with van der Waals surface area (Å²) in [4.78, 5) is 11.5. The van der Waals surface area contributed by atoms with Gasteiger partial charge in [0.15, 0.2) is 0 Å². The monoisotopic (exact) mass is 251 g/mol. The van der Waals surface area contributed by atoms with Crippen molar-refractivity contribution < 1.29 is 9.90 Å². The molecule has 3 heteroatoms. The molecule has 0 aromatic rings. The summed E-state index contributed by atoms with van der Waals surface area (Å²) in [7, 11) is 1.79. The topological polar surface area (TPSA) is 49.3 Å². The van der Waals surface area contributed by atoms with Gasteiger partial charge in [0.25, 0.3) is 0 Å². The van der Waals surface area contributed by atoms with Crippen molar-refractivity contribution in [1.82, 2.24) is 5.32 Å². The van der Waals surface area contributed by atoms with Crippen molar-refractivity contribution in [3.63, 3.8) is 0 Å². The highest BCUT2D eigenvalue weighted by atomic mass is 16.4. The summed E-state index contributed by atoms with van der Waals surface area (Å²) < 4.78 is 0. The van der Waals surface area contributed by atoms with Crippen molar-refractivity contribution in [2.24, 2.45) is 23.2 Å². The number of carboxylic acid groups (broad SMARTS) is 1. The quantitative estimate of drug-likeness (QED) is 0.807. The van der Waals surface area contributed by atoms with E-state index in [1.165, 1.54) is 38.5 Å². The van der Waals surface area contributed by atoms with Crippen LogP contribution in [0.5, 0.6) is 0 Å². The Balaban J connectivity index is 1.81. The predicted octanol–water partition coefficient (Wildman–Crippen LogP) is 2.66. The SMILES string of the molecule is CNC(C)(CC12CC3CC(CC(C3)C1)C2)C(=O)O. The van der Waals surface area contributed by atoms with E-state index in [1.54, 1.807) is 7.05 Å². The van der Waals surface area contributed by atoms with E-state index >= 15 is 0 Å². The van der Waals surface area contributed by atoms with Crippen molar-refractivity contribution in [1.29, 1.82) is 0 Å². The number of nitrogens with one attached hydrogen (secondary N) is 1. The molecule has 18 heavy (non-hydrogen) atoms. The molecule has 4 fully saturated rings. The molecule has 0 radical (unpaired) electrons. The molecule has 0 aromatic heterocycles. The number of aliphatic carboxylic acids is 1. The zero-order chi connectivity index (χ0) is 13.0. The first-order valence-electron chi connectivity index (χ1n) is 7.37. The molecule has 0 amide bonds. The Morgan fingerprint density at radius 2 is 1.67 bits per heavy atom. The van der Waals surface area contributed by atoms with E-state index in [0.717, 1.165) is 24.2 Å². The van der Waals surface area contributed by atoms with Gasteiger partial charge in [0.05, 0.1) is 0 Å². The number of carbonyl (C=O) groups is 1. The van der Waals surface area contributed by atoms with Crippen LogP contribution in [-0.2, 0) is 4.79 Å². The van der Waals surface area contributed by atoms with Crippen LogP contribution in [0.1, 0.15) is 51.9 Å². The second-order valence-corrected chi connectivity index (χ2v) is 7.48. The normalized spacial score (nSPS) is 44.9. The molecular formula is C15H25NO2. The first-order chi connectivity index (χ1) is 8.45. The Labute approximate surface area is 109 Å². The van der Waals surface area contributed by atoms with Crippen LogP contribution < -0.4 is 5.32 Å². The lowest BCUT2D eigenvalue weighted by Crippen LogP contribution is -2.55. The van der Waals surface area contributed by atoms with E-state index in [-0.39, 0.29) is 0 Å². The molecule has 0 aliphatic heterocycles. The summed E-state index contributed by atoms with van der Waals surface area (Å²) in [6, 6.07) is 0. The van der Waals surface area contributed by atoms with Crippen LogP contribution in [0.2, 0.25) is 0 Å². The summed E-state index contributed by atoms with van der Waals surface area (Å²) in [5, 5.41) is 12.5. The first-order valence-corrected chi connectivity index (χ1v) is 7.37. The van der Waals surface area contributed by atoms with Gasteiger partial charge in [0.2, 0.25) is 0 Å². The number of carboxylic acids is 1. The average Bonchev–Trinajstić information content (AvgIpc) is 2.25. The van der Waals surface area contributed by atoms with E-state index in [9.17, 15) is 9.90 Å². The third-order valence-electron chi connectivity index (χ3n) is 5.92. The lowest BCUT2D eigenvalue weighted by Gasteiger charge is -2.58. The van der Waals surface area contributed by atoms with E-state index in [1.807, 2.05) is 6.92 Å². The van der Waals surface area contributed by atoms with Crippen LogP contribution in [0.4, 0.5) is 0 Å². The zero-order valence-electron chi connectivity index (χ0n) is 11.5. The fraction of sp³-hybridized carbons (Fsp3) is 0.933. The largest absolute Gasteiger partial charge is 0.480 e. The van der Waals surface area contributed by atoms with Gasteiger partial charge in [-0.1, -0.05) is 0 Å². The van der Waals surface area contributed by atoms with Gasteiger partial charge in [0.1, 0.15) is 5.54 Å². The fourth-order valence-corrected chi connectivity index (χ4v) is 5.53. The Morgan fingerprint density at radius 3 is 2.00 bits per heavy atom. The van der Waals surface area contributed by atoms with Gasteiger partial charge >= 0.3 is 5.97 Å². The van der Waals surface area contributed by atoms with Gasteiger partial charge in [-0.2, -0.15) is 0 Å². The minimum atomic E-state index is -0.744. The Kier molecular flexibility index (Phi) is 2.74. The molecule has 0 heterocycles. The van der Waals surface area contributed by atoms with E-state index in [2.05, 4.69) is 5.32 Å². The molecule has 4 rings (SSSR count). The molecule has 0 spiro atoms. The van der Waals surface area contributed by atoms with Crippen molar-refractivity contribution in [2.75, 3.05) is 7.05 Å². The van der Waals surface area contributed by atoms with Crippen molar-refractivity contribution >= 4 is 5.97 Å².